The lowest BCUT2D eigenvalue weighted by Gasteiger charge is -1.94. The number of rotatable bonds is 0. The Morgan fingerprint density at radius 2 is 2.36 bits per heavy atom. The first-order chi connectivity index (χ1) is 5.22. The fourth-order valence-corrected chi connectivity index (χ4v) is 1.25. The summed E-state index contributed by atoms with van der Waals surface area (Å²) in [6.45, 7) is 0. The first-order valence-corrected chi connectivity index (χ1v) is 3.32. The molecule has 0 spiro atoms. The normalized spacial score (nSPS) is 11.0. The molecule has 0 bridgehead atoms. The predicted octanol–water partition coefficient (Wildman–Crippen LogP) is 0.794. The number of aryl methyl sites for hydroxylation is 1. The molecule has 0 aromatic carbocycles. The van der Waals surface area contributed by atoms with Crippen LogP contribution in [0.4, 0.5) is 5.82 Å². The van der Waals surface area contributed by atoms with Crippen LogP contribution in [-0.4, -0.2) is 14.7 Å². The van der Waals surface area contributed by atoms with Gasteiger partial charge in [0, 0.05) is 13.2 Å². The van der Waals surface area contributed by atoms with Crippen molar-refractivity contribution in [2.45, 2.75) is 0 Å². The topological polar surface area (TPSA) is 67.0 Å². The van der Waals surface area contributed by atoms with Crippen molar-refractivity contribution in [2.24, 2.45) is 7.05 Å². The molecule has 4 nitrogen and oxygen atoms in total. The molecule has 2 rings (SSSR count). The summed E-state index contributed by atoms with van der Waals surface area (Å²) in [5, 5.41) is 10.2. The third kappa shape index (κ3) is 0.582. The molecule has 0 unspecified atom stereocenters. The summed E-state index contributed by atoms with van der Waals surface area (Å²) < 4.78 is 1.71. The van der Waals surface area contributed by atoms with Gasteiger partial charge in [-0.15, -0.1) is 0 Å². The highest BCUT2D eigenvalue weighted by Gasteiger charge is 2.10. The molecule has 11 heavy (non-hydrogen) atoms. The Bertz CT molecular complexity index is 364. The van der Waals surface area contributed by atoms with Crippen LogP contribution >= 0.6 is 0 Å². The number of anilines is 1. The lowest BCUT2D eigenvalue weighted by atomic mass is 10.4. The van der Waals surface area contributed by atoms with Gasteiger partial charge in [0.05, 0.1) is 5.39 Å². The molecular formula is C7H9N3O. The largest absolute Gasteiger partial charge is 0.504 e. The zero-order valence-corrected chi connectivity index (χ0v) is 6.13. The third-order valence-corrected chi connectivity index (χ3v) is 1.92. The van der Waals surface area contributed by atoms with Crippen LogP contribution in [0.5, 0.6) is 5.75 Å². The number of nitrogens with one attached hydrogen (secondary N) is 1. The summed E-state index contributed by atoms with van der Waals surface area (Å²) in [6, 6.07) is 1.79. The number of fused-ring (bicyclic) bond motifs is 1. The second kappa shape index (κ2) is 1.72. The number of nitrogens with two attached hydrogens (primary N) is 1. The fraction of sp³-hybridized carbons (Fsp3) is 0.143. The average Bonchev–Trinajstić information content (AvgIpc) is 2.53. The number of hydrogen-bond donors (Lipinski definition) is 3. The van der Waals surface area contributed by atoms with Gasteiger partial charge in [-0.1, -0.05) is 0 Å². The minimum absolute atomic E-state index is 0.156. The first-order valence-electron chi connectivity index (χ1n) is 3.32. The monoisotopic (exact) mass is 151 g/mol. The number of aromatic hydroxyl groups is 1. The SMILES string of the molecule is Cn1c(N)c(O)c2cc[nH]c21. The number of hydrogen-bond acceptors (Lipinski definition) is 2. The van der Waals surface area contributed by atoms with Crippen LogP contribution in [0, 0.1) is 0 Å². The van der Waals surface area contributed by atoms with E-state index in [1.807, 2.05) is 0 Å². The summed E-state index contributed by atoms with van der Waals surface area (Å²) in [4.78, 5) is 2.97. The Kier molecular flexibility index (Phi) is 0.961. The van der Waals surface area contributed by atoms with Crippen molar-refractivity contribution in [3.63, 3.8) is 0 Å². The fourth-order valence-electron chi connectivity index (χ4n) is 1.25. The van der Waals surface area contributed by atoms with Crippen LogP contribution in [0.25, 0.3) is 11.0 Å². The van der Waals surface area contributed by atoms with Gasteiger partial charge in [0.2, 0.25) is 0 Å². The molecule has 0 saturated carbocycles. The first kappa shape index (κ1) is 6.15. The van der Waals surface area contributed by atoms with E-state index >= 15 is 0 Å². The quantitative estimate of drug-likeness (QED) is 0.521. The van der Waals surface area contributed by atoms with Gasteiger partial charge < -0.3 is 20.4 Å². The number of H-pyrrole nitrogens is 1. The third-order valence-electron chi connectivity index (χ3n) is 1.92. The summed E-state index contributed by atoms with van der Waals surface area (Å²) in [5.41, 5.74) is 6.40. The van der Waals surface area contributed by atoms with E-state index < -0.39 is 0 Å². The van der Waals surface area contributed by atoms with Crippen molar-refractivity contribution in [1.29, 1.82) is 0 Å². The highest BCUT2D eigenvalue weighted by molar-refractivity contribution is 5.90. The molecule has 0 radical (unpaired) electrons. The predicted molar refractivity (Wildman–Crippen MR) is 43.3 cm³/mol. The zero-order valence-electron chi connectivity index (χ0n) is 6.13. The van der Waals surface area contributed by atoms with Gasteiger partial charge in [-0.3, -0.25) is 0 Å². The molecule has 0 fully saturated rings. The smallest absolute Gasteiger partial charge is 0.167 e. The molecule has 2 aromatic heterocycles. The molecule has 0 atom stereocenters. The molecule has 0 aliphatic carbocycles. The maximum atomic E-state index is 9.40. The highest BCUT2D eigenvalue weighted by Crippen LogP contribution is 2.31. The van der Waals surface area contributed by atoms with Crippen molar-refractivity contribution in [3.8, 4) is 5.75 Å². The second-order valence-electron chi connectivity index (χ2n) is 2.53. The summed E-state index contributed by atoms with van der Waals surface area (Å²) in [5.74, 6) is 0.551. The maximum Gasteiger partial charge on any atom is 0.167 e. The molecule has 58 valence electrons. The molecule has 2 heterocycles. The molecule has 4 heteroatoms. The Morgan fingerprint density at radius 1 is 1.64 bits per heavy atom. The van der Waals surface area contributed by atoms with Crippen LogP contribution in [-0.2, 0) is 7.05 Å². The standard InChI is InChI=1S/C7H9N3O/c1-10-6(8)5(11)4-2-3-9-7(4)10/h2-3,9,11H,8H2,1H3. The van der Waals surface area contributed by atoms with E-state index in [0.29, 0.717) is 5.82 Å². The lowest BCUT2D eigenvalue weighted by molar-refractivity contribution is 0.483. The number of aromatic amines is 1. The van der Waals surface area contributed by atoms with Crippen molar-refractivity contribution < 1.29 is 5.11 Å². The maximum absolute atomic E-state index is 9.40. The summed E-state index contributed by atoms with van der Waals surface area (Å²) >= 11 is 0. The van der Waals surface area contributed by atoms with Gasteiger partial charge in [0.15, 0.2) is 5.75 Å². The second-order valence-corrected chi connectivity index (χ2v) is 2.53. The number of aromatic nitrogens is 2. The molecule has 0 amide bonds. The van der Waals surface area contributed by atoms with E-state index in [1.54, 1.807) is 23.9 Å². The molecule has 0 saturated heterocycles. The van der Waals surface area contributed by atoms with E-state index in [2.05, 4.69) is 4.98 Å². The van der Waals surface area contributed by atoms with E-state index in [9.17, 15) is 5.11 Å². The summed E-state index contributed by atoms with van der Waals surface area (Å²) in [7, 11) is 1.80. The highest BCUT2D eigenvalue weighted by atomic mass is 16.3. The Labute approximate surface area is 63.2 Å². The Hall–Kier alpha value is -1.58. The van der Waals surface area contributed by atoms with Crippen LogP contribution in [0.1, 0.15) is 0 Å². The van der Waals surface area contributed by atoms with Crippen LogP contribution in [0.15, 0.2) is 12.3 Å². The zero-order chi connectivity index (χ0) is 8.01. The van der Waals surface area contributed by atoms with Gasteiger partial charge in [-0.2, -0.15) is 0 Å². The lowest BCUT2D eigenvalue weighted by Crippen LogP contribution is -1.95. The van der Waals surface area contributed by atoms with Crippen LogP contribution in [0.3, 0.4) is 0 Å². The van der Waals surface area contributed by atoms with Crippen molar-refractivity contribution >= 4 is 16.9 Å². The molecule has 2 aromatic rings. The van der Waals surface area contributed by atoms with E-state index in [1.165, 1.54) is 0 Å². The molecule has 0 aliphatic rings. The number of nitrogens with zero attached hydrogens (tertiary/aromatic N) is 1. The van der Waals surface area contributed by atoms with Gasteiger partial charge in [0.1, 0.15) is 11.5 Å². The van der Waals surface area contributed by atoms with Crippen molar-refractivity contribution in [2.75, 3.05) is 5.73 Å². The van der Waals surface area contributed by atoms with Crippen LogP contribution in [0.2, 0.25) is 0 Å². The van der Waals surface area contributed by atoms with E-state index in [-0.39, 0.29) is 5.75 Å². The molecule has 4 N–H and O–H groups in total. The van der Waals surface area contributed by atoms with Gasteiger partial charge in [-0.25, -0.2) is 0 Å². The minimum atomic E-state index is 0.156. The van der Waals surface area contributed by atoms with Crippen molar-refractivity contribution in [3.05, 3.63) is 12.3 Å². The minimum Gasteiger partial charge on any atom is -0.504 e. The molecular weight excluding hydrogens is 142 g/mol. The van der Waals surface area contributed by atoms with E-state index in [0.717, 1.165) is 11.0 Å². The van der Waals surface area contributed by atoms with Gasteiger partial charge in [0.25, 0.3) is 0 Å². The van der Waals surface area contributed by atoms with Gasteiger partial charge >= 0.3 is 0 Å². The Balaban J connectivity index is 3.00. The van der Waals surface area contributed by atoms with Crippen LogP contribution < -0.4 is 5.73 Å². The Morgan fingerprint density at radius 3 is 3.00 bits per heavy atom. The average molecular weight is 151 g/mol. The molecule has 0 aliphatic heterocycles. The van der Waals surface area contributed by atoms with Gasteiger partial charge in [-0.05, 0) is 6.07 Å². The van der Waals surface area contributed by atoms with Crippen molar-refractivity contribution in [1.82, 2.24) is 9.55 Å². The number of nitrogen functional groups attached to an aromatic ring is 1. The summed E-state index contributed by atoms with van der Waals surface area (Å²) in [6.07, 6.45) is 1.77. The van der Waals surface area contributed by atoms with E-state index in [4.69, 9.17) is 5.73 Å².